The molecule has 2 heterocycles. The molecule has 5 nitrogen and oxygen atoms in total. The van der Waals surface area contributed by atoms with Gasteiger partial charge in [0.2, 0.25) is 0 Å². The Morgan fingerprint density at radius 1 is 1.47 bits per heavy atom. The molecule has 0 spiro atoms. The molecule has 0 aromatic carbocycles. The lowest BCUT2D eigenvalue weighted by molar-refractivity contribution is 0.0951. The Kier molecular flexibility index (Phi) is 4.07. The van der Waals surface area contributed by atoms with Crippen LogP contribution < -0.4 is 5.32 Å². The summed E-state index contributed by atoms with van der Waals surface area (Å²) in [5.41, 5.74) is 2.14. The SMILES string of the molecule is Cc1nn(C)cc1CNC(=O)c1cc(Cl)ncc1Cl. The second kappa shape index (κ2) is 5.59. The molecule has 2 aromatic rings. The number of nitrogens with zero attached hydrogens (tertiary/aromatic N) is 3. The third-order valence-corrected chi connectivity index (χ3v) is 3.13. The lowest BCUT2D eigenvalue weighted by Gasteiger charge is -2.06. The molecule has 100 valence electrons. The van der Waals surface area contributed by atoms with Gasteiger partial charge in [0, 0.05) is 31.5 Å². The van der Waals surface area contributed by atoms with Crippen molar-refractivity contribution < 1.29 is 4.79 Å². The third kappa shape index (κ3) is 3.24. The number of hydrogen-bond acceptors (Lipinski definition) is 3. The highest BCUT2D eigenvalue weighted by Crippen LogP contribution is 2.18. The van der Waals surface area contributed by atoms with Gasteiger partial charge in [-0.1, -0.05) is 23.2 Å². The van der Waals surface area contributed by atoms with E-state index in [-0.39, 0.29) is 16.1 Å². The molecule has 2 aromatic heterocycles. The highest BCUT2D eigenvalue weighted by molar-refractivity contribution is 6.35. The molecular formula is C12H12Cl2N4O. The van der Waals surface area contributed by atoms with Crippen LogP contribution in [0.25, 0.3) is 0 Å². The fraction of sp³-hybridized carbons (Fsp3) is 0.250. The van der Waals surface area contributed by atoms with E-state index in [0.29, 0.717) is 12.1 Å². The summed E-state index contributed by atoms with van der Waals surface area (Å²) >= 11 is 11.7. The lowest BCUT2D eigenvalue weighted by atomic mass is 10.2. The standard InChI is InChI=1S/C12H12Cl2N4O/c1-7-8(6-18(2)17-7)4-16-12(19)9-3-11(14)15-5-10(9)13/h3,5-6H,4H2,1-2H3,(H,16,19). The number of hydrogen-bond donors (Lipinski definition) is 1. The van der Waals surface area contributed by atoms with Gasteiger partial charge < -0.3 is 5.32 Å². The van der Waals surface area contributed by atoms with Crippen LogP contribution in [0, 0.1) is 6.92 Å². The van der Waals surface area contributed by atoms with Crippen molar-refractivity contribution in [3.63, 3.8) is 0 Å². The van der Waals surface area contributed by atoms with Crippen LogP contribution in [0.3, 0.4) is 0 Å². The van der Waals surface area contributed by atoms with Crippen LogP contribution in [0.4, 0.5) is 0 Å². The van der Waals surface area contributed by atoms with Crippen LogP contribution >= 0.6 is 23.2 Å². The normalized spacial score (nSPS) is 10.5. The van der Waals surface area contributed by atoms with Crippen molar-refractivity contribution in [1.82, 2.24) is 20.1 Å². The highest BCUT2D eigenvalue weighted by atomic mass is 35.5. The molecule has 0 saturated heterocycles. The van der Waals surface area contributed by atoms with E-state index in [1.54, 1.807) is 4.68 Å². The predicted octanol–water partition coefficient (Wildman–Crippen LogP) is 2.36. The number of halogens is 2. The first-order valence-corrected chi connectivity index (χ1v) is 6.31. The maximum absolute atomic E-state index is 12.0. The number of aromatic nitrogens is 3. The minimum atomic E-state index is -0.294. The summed E-state index contributed by atoms with van der Waals surface area (Å²) in [7, 11) is 1.83. The molecule has 0 aliphatic rings. The lowest BCUT2D eigenvalue weighted by Crippen LogP contribution is -2.23. The van der Waals surface area contributed by atoms with Crippen LogP contribution in [0.5, 0.6) is 0 Å². The first-order chi connectivity index (χ1) is 8.97. The Labute approximate surface area is 120 Å². The molecule has 1 amide bonds. The Morgan fingerprint density at radius 2 is 2.21 bits per heavy atom. The molecule has 0 unspecified atom stereocenters. The zero-order valence-electron chi connectivity index (χ0n) is 10.4. The number of nitrogens with one attached hydrogen (secondary N) is 1. The van der Waals surface area contributed by atoms with E-state index >= 15 is 0 Å². The van der Waals surface area contributed by atoms with Crippen molar-refractivity contribution in [2.45, 2.75) is 13.5 Å². The average Bonchev–Trinajstić information content (AvgIpc) is 2.68. The van der Waals surface area contributed by atoms with Gasteiger partial charge in [-0.3, -0.25) is 9.48 Å². The molecule has 0 fully saturated rings. The van der Waals surface area contributed by atoms with Crippen molar-refractivity contribution in [2.24, 2.45) is 7.05 Å². The van der Waals surface area contributed by atoms with Gasteiger partial charge in [0.25, 0.3) is 5.91 Å². The number of carbonyl (C=O) groups is 1. The van der Waals surface area contributed by atoms with Crippen molar-refractivity contribution in [2.75, 3.05) is 0 Å². The summed E-state index contributed by atoms with van der Waals surface area (Å²) < 4.78 is 1.70. The zero-order chi connectivity index (χ0) is 14.0. The summed E-state index contributed by atoms with van der Waals surface area (Å²) in [6.07, 6.45) is 3.21. The van der Waals surface area contributed by atoms with E-state index in [9.17, 15) is 4.79 Å². The van der Waals surface area contributed by atoms with Crippen LogP contribution in [0.2, 0.25) is 10.2 Å². The van der Waals surface area contributed by atoms with Crippen molar-refractivity contribution >= 4 is 29.1 Å². The van der Waals surface area contributed by atoms with Crippen LogP contribution in [0.15, 0.2) is 18.5 Å². The smallest absolute Gasteiger partial charge is 0.253 e. The molecule has 7 heteroatoms. The minimum Gasteiger partial charge on any atom is -0.348 e. The number of pyridine rings is 1. The summed E-state index contributed by atoms with van der Waals surface area (Å²) in [4.78, 5) is 15.8. The first kappa shape index (κ1) is 13.8. The third-order valence-electron chi connectivity index (χ3n) is 2.62. The van der Waals surface area contributed by atoms with Gasteiger partial charge in [0.05, 0.1) is 16.3 Å². The van der Waals surface area contributed by atoms with E-state index in [0.717, 1.165) is 11.3 Å². The van der Waals surface area contributed by atoms with Crippen molar-refractivity contribution in [3.05, 3.63) is 45.5 Å². The van der Waals surface area contributed by atoms with Gasteiger partial charge in [-0.2, -0.15) is 5.10 Å². The van der Waals surface area contributed by atoms with E-state index in [1.165, 1.54) is 12.3 Å². The predicted molar refractivity (Wildman–Crippen MR) is 73.4 cm³/mol. The minimum absolute atomic E-state index is 0.229. The molecule has 0 aliphatic carbocycles. The average molecular weight is 299 g/mol. The van der Waals surface area contributed by atoms with E-state index in [2.05, 4.69) is 15.4 Å². The topological polar surface area (TPSA) is 59.8 Å². The Bertz CT molecular complexity index is 624. The largest absolute Gasteiger partial charge is 0.348 e. The molecule has 2 rings (SSSR count). The molecular weight excluding hydrogens is 287 g/mol. The van der Waals surface area contributed by atoms with Crippen molar-refractivity contribution in [1.29, 1.82) is 0 Å². The molecule has 19 heavy (non-hydrogen) atoms. The van der Waals surface area contributed by atoms with E-state index in [4.69, 9.17) is 23.2 Å². The highest BCUT2D eigenvalue weighted by Gasteiger charge is 2.12. The Balaban J connectivity index is 2.09. The number of rotatable bonds is 3. The Morgan fingerprint density at radius 3 is 2.84 bits per heavy atom. The summed E-state index contributed by atoms with van der Waals surface area (Å²) in [6, 6.07) is 1.44. The van der Waals surface area contributed by atoms with Crippen molar-refractivity contribution in [3.8, 4) is 0 Å². The molecule has 0 aliphatic heterocycles. The van der Waals surface area contributed by atoms with Gasteiger partial charge in [0.1, 0.15) is 5.15 Å². The van der Waals surface area contributed by atoms with Gasteiger partial charge >= 0.3 is 0 Å². The summed E-state index contributed by atoms with van der Waals surface area (Å²) in [5, 5.41) is 7.47. The fourth-order valence-corrected chi connectivity index (χ4v) is 2.03. The van der Waals surface area contributed by atoms with Gasteiger partial charge in [-0.15, -0.1) is 0 Å². The fourth-order valence-electron chi connectivity index (χ4n) is 1.68. The second-order valence-corrected chi connectivity index (χ2v) is 4.88. The maximum atomic E-state index is 12.0. The molecule has 0 atom stereocenters. The summed E-state index contributed by atoms with van der Waals surface area (Å²) in [6.45, 7) is 2.27. The quantitative estimate of drug-likeness (QED) is 0.885. The van der Waals surface area contributed by atoms with Crippen LogP contribution in [-0.2, 0) is 13.6 Å². The van der Waals surface area contributed by atoms with Gasteiger partial charge in [0.15, 0.2) is 0 Å². The second-order valence-electron chi connectivity index (χ2n) is 4.08. The number of carbonyl (C=O) groups excluding carboxylic acids is 1. The van der Waals surface area contributed by atoms with Crippen LogP contribution in [-0.4, -0.2) is 20.7 Å². The van der Waals surface area contributed by atoms with Crippen LogP contribution in [0.1, 0.15) is 21.6 Å². The molecule has 0 saturated carbocycles. The zero-order valence-corrected chi connectivity index (χ0v) is 12.0. The van der Waals surface area contributed by atoms with E-state index in [1.807, 2.05) is 20.2 Å². The maximum Gasteiger partial charge on any atom is 0.253 e. The number of aryl methyl sites for hydroxylation is 2. The number of amides is 1. The van der Waals surface area contributed by atoms with E-state index < -0.39 is 0 Å². The monoisotopic (exact) mass is 298 g/mol. The van der Waals surface area contributed by atoms with Gasteiger partial charge in [-0.05, 0) is 13.0 Å². The van der Waals surface area contributed by atoms with Gasteiger partial charge in [-0.25, -0.2) is 4.98 Å². The molecule has 0 bridgehead atoms. The first-order valence-electron chi connectivity index (χ1n) is 5.55. The Hall–Kier alpha value is -1.59. The summed E-state index contributed by atoms with van der Waals surface area (Å²) in [5.74, 6) is -0.294. The molecule has 0 radical (unpaired) electrons. The molecule has 1 N–H and O–H groups in total.